The maximum atomic E-state index is 13.0. The van der Waals surface area contributed by atoms with Crippen LogP contribution in [-0.4, -0.2) is 22.9 Å². The van der Waals surface area contributed by atoms with E-state index in [9.17, 15) is 9.59 Å². The maximum absolute atomic E-state index is 13.0. The molecule has 1 saturated carbocycles. The average molecular weight is 320 g/mol. The van der Waals surface area contributed by atoms with Crippen LogP contribution in [0.25, 0.3) is 0 Å². The summed E-state index contributed by atoms with van der Waals surface area (Å²) in [5, 5.41) is 6.16. The van der Waals surface area contributed by atoms with Crippen LogP contribution in [0.5, 0.6) is 0 Å². The zero-order valence-electron chi connectivity index (χ0n) is 15.5. The monoisotopic (exact) mass is 320 g/mol. The molecule has 0 aliphatic heterocycles. The standard InChI is InChI=1S/C19H32N2O2/c1-17(2,3)20-15(22)9-10-19(16(23)21-18(4,5)6)12-13-7-8-14(19)11-13/h7-8,13-14H,9-12H2,1-6H3,(H,20,22)(H,21,23). The van der Waals surface area contributed by atoms with Gasteiger partial charge in [0.1, 0.15) is 0 Å². The molecule has 2 aliphatic rings. The summed E-state index contributed by atoms with van der Waals surface area (Å²) in [5.41, 5.74) is -0.891. The summed E-state index contributed by atoms with van der Waals surface area (Å²) >= 11 is 0. The van der Waals surface area contributed by atoms with Gasteiger partial charge in [-0.1, -0.05) is 12.2 Å². The van der Waals surface area contributed by atoms with Crippen LogP contribution in [0.15, 0.2) is 12.2 Å². The third kappa shape index (κ3) is 4.36. The van der Waals surface area contributed by atoms with Crippen molar-refractivity contribution in [1.29, 1.82) is 0 Å². The highest BCUT2D eigenvalue weighted by molar-refractivity contribution is 5.86. The van der Waals surface area contributed by atoms with Crippen LogP contribution in [0, 0.1) is 17.3 Å². The molecule has 0 aromatic heterocycles. The van der Waals surface area contributed by atoms with Crippen LogP contribution in [0.1, 0.15) is 67.2 Å². The van der Waals surface area contributed by atoms with Gasteiger partial charge in [-0.2, -0.15) is 0 Å². The Bertz CT molecular complexity index is 510. The van der Waals surface area contributed by atoms with Gasteiger partial charge in [0.15, 0.2) is 0 Å². The lowest BCUT2D eigenvalue weighted by molar-refractivity contribution is -0.135. The van der Waals surface area contributed by atoms with Crippen molar-refractivity contribution in [2.45, 2.75) is 78.3 Å². The van der Waals surface area contributed by atoms with E-state index >= 15 is 0 Å². The van der Waals surface area contributed by atoms with Crippen molar-refractivity contribution in [3.05, 3.63) is 12.2 Å². The summed E-state index contributed by atoms with van der Waals surface area (Å²) in [4.78, 5) is 25.2. The Hall–Kier alpha value is -1.32. The molecule has 2 bridgehead atoms. The molecule has 2 N–H and O–H groups in total. The van der Waals surface area contributed by atoms with Crippen LogP contribution in [0.4, 0.5) is 0 Å². The minimum Gasteiger partial charge on any atom is -0.352 e. The van der Waals surface area contributed by atoms with E-state index in [4.69, 9.17) is 0 Å². The molecule has 3 atom stereocenters. The average Bonchev–Trinajstić information content (AvgIpc) is 2.92. The lowest BCUT2D eigenvalue weighted by Crippen LogP contribution is -2.51. The van der Waals surface area contributed by atoms with Crippen molar-refractivity contribution < 1.29 is 9.59 Å². The van der Waals surface area contributed by atoms with Crippen molar-refractivity contribution in [2.75, 3.05) is 0 Å². The van der Waals surface area contributed by atoms with E-state index in [-0.39, 0.29) is 28.8 Å². The topological polar surface area (TPSA) is 58.2 Å². The molecule has 0 aromatic carbocycles. The van der Waals surface area contributed by atoms with Gasteiger partial charge < -0.3 is 10.6 Å². The normalized spacial score (nSPS) is 29.7. The highest BCUT2D eigenvalue weighted by Crippen LogP contribution is 2.54. The molecule has 0 saturated heterocycles. The SMILES string of the molecule is CC(C)(C)NC(=O)CCC1(C(=O)NC(C)(C)C)CC2C=CC1C2. The number of allylic oxidation sites excluding steroid dienone is 2. The van der Waals surface area contributed by atoms with E-state index in [0.29, 0.717) is 18.8 Å². The second kappa shape index (κ2) is 5.95. The summed E-state index contributed by atoms with van der Waals surface area (Å²) in [5.74, 6) is 0.922. The predicted octanol–water partition coefficient (Wildman–Crippen LogP) is 3.18. The Balaban J connectivity index is 2.09. The molecule has 2 aliphatic carbocycles. The van der Waals surface area contributed by atoms with E-state index in [0.717, 1.165) is 12.8 Å². The van der Waals surface area contributed by atoms with E-state index in [1.807, 2.05) is 41.5 Å². The first-order chi connectivity index (χ1) is 10.4. The number of nitrogens with one attached hydrogen (secondary N) is 2. The Morgan fingerprint density at radius 1 is 1.04 bits per heavy atom. The lowest BCUT2D eigenvalue weighted by Gasteiger charge is -2.37. The molecule has 0 aromatic rings. The van der Waals surface area contributed by atoms with Crippen LogP contribution in [-0.2, 0) is 9.59 Å². The molecule has 4 nitrogen and oxygen atoms in total. The molecule has 4 heteroatoms. The van der Waals surface area contributed by atoms with Gasteiger partial charge in [0.25, 0.3) is 0 Å². The molecule has 2 rings (SSSR count). The van der Waals surface area contributed by atoms with Gasteiger partial charge in [0, 0.05) is 17.5 Å². The third-order valence-electron chi connectivity index (χ3n) is 4.76. The molecule has 1 fully saturated rings. The Kier molecular flexibility index (Phi) is 4.67. The van der Waals surface area contributed by atoms with Gasteiger partial charge in [0.2, 0.25) is 11.8 Å². The second-order valence-electron chi connectivity index (χ2n) is 9.35. The summed E-state index contributed by atoms with van der Waals surface area (Å²) in [7, 11) is 0. The number of hydrogen-bond donors (Lipinski definition) is 2. The van der Waals surface area contributed by atoms with Crippen molar-refractivity contribution in [1.82, 2.24) is 10.6 Å². The Morgan fingerprint density at radius 3 is 2.09 bits per heavy atom. The van der Waals surface area contributed by atoms with Crippen LogP contribution >= 0.6 is 0 Å². The minimum atomic E-state index is -0.415. The molecular weight excluding hydrogens is 288 g/mol. The summed E-state index contributed by atoms with van der Waals surface area (Å²) in [6.45, 7) is 12.0. The van der Waals surface area contributed by atoms with Crippen molar-refractivity contribution >= 4 is 11.8 Å². The molecule has 23 heavy (non-hydrogen) atoms. The highest BCUT2D eigenvalue weighted by atomic mass is 16.2. The quantitative estimate of drug-likeness (QED) is 0.782. The molecule has 0 radical (unpaired) electrons. The fraction of sp³-hybridized carbons (Fsp3) is 0.789. The predicted molar refractivity (Wildman–Crippen MR) is 92.8 cm³/mol. The minimum absolute atomic E-state index is 0.0344. The Morgan fingerprint density at radius 2 is 1.65 bits per heavy atom. The van der Waals surface area contributed by atoms with Gasteiger partial charge in [-0.25, -0.2) is 0 Å². The van der Waals surface area contributed by atoms with E-state index in [1.54, 1.807) is 0 Å². The van der Waals surface area contributed by atoms with E-state index < -0.39 is 5.41 Å². The number of carbonyl (C=O) groups is 2. The first-order valence-corrected chi connectivity index (χ1v) is 8.73. The first kappa shape index (κ1) is 18.0. The second-order valence-corrected chi connectivity index (χ2v) is 9.35. The maximum Gasteiger partial charge on any atom is 0.227 e. The van der Waals surface area contributed by atoms with Crippen LogP contribution in [0.2, 0.25) is 0 Å². The lowest BCUT2D eigenvalue weighted by atomic mass is 9.71. The Labute approximate surface area is 140 Å². The van der Waals surface area contributed by atoms with Gasteiger partial charge in [0.05, 0.1) is 5.41 Å². The molecular formula is C19H32N2O2. The fourth-order valence-corrected chi connectivity index (χ4v) is 3.90. The third-order valence-corrected chi connectivity index (χ3v) is 4.76. The van der Waals surface area contributed by atoms with Gasteiger partial charge in [-0.15, -0.1) is 0 Å². The molecule has 3 unspecified atom stereocenters. The molecule has 2 amide bonds. The molecule has 0 heterocycles. The summed E-state index contributed by atoms with van der Waals surface area (Å²) < 4.78 is 0. The van der Waals surface area contributed by atoms with Crippen molar-refractivity contribution in [2.24, 2.45) is 17.3 Å². The zero-order valence-corrected chi connectivity index (χ0v) is 15.5. The smallest absolute Gasteiger partial charge is 0.227 e. The number of fused-ring (bicyclic) bond motifs is 2. The summed E-state index contributed by atoms with van der Waals surface area (Å²) in [6.07, 6.45) is 7.39. The first-order valence-electron chi connectivity index (χ1n) is 8.73. The van der Waals surface area contributed by atoms with E-state index in [1.165, 1.54) is 0 Å². The van der Waals surface area contributed by atoms with Crippen LogP contribution < -0.4 is 10.6 Å². The zero-order chi connectivity index (χ0) is 17.5. The number of carbonyl (C=O) groups excluding carboxylic acids is 2. The van der Waals surface area contributed by atoms with Gasteiger partial charge in [-0.3, -0.25) is 9.59 Å². The fourth-order valence-electron chi connectivity index (χ4n) is 3.90. The number of hydrogen-bond acceptors (Lipinski definition) is 2. The largest absolute Gasteiger partial charge is 0.352 e. The van der Waals surface area contributed by atoms with Gasteiger partial charge >= 0.3 is 0 Å². The number of rotatable bonds is 4. The molecule has 0 spiro atoms. The molecule has 130 valence electrons. The van der Waals surface area contributed by atoms with Crippen molar-refractivity contribution in [3.8, 4) is 0 Å². The van der Waals surface area contributed by atoms with E-state index in [2.05, 4.69) is 22.8 Å². The van der Waals surface area contributed by atoms with Gasteiger partial charge in [-0.05, 0) is 72.6 Å². The highest BCUT2D eigenvalue weighted by Gasteiger charge is 2.53. The summed E-state index contributed by atoms with van der Waals surface area (Å²) in [6, 6.07) is 0. The van der Waals surface area contributed by atoms with Crippen LogP contribution in [0.3, 0.4) is 0 Å². The van der Waals surface area contributed by atoms with Crippen molar-refractivity contribution in [3.63, 3.8) is 0 Å². The number of amides is 2.